The predicted molar refractivity (Wildman–Crippen MR) is 113 cm³/mol. The summed E-state index contributed by atoms with van der Waals surface area (Å²) in [6.45, 7) is 4.77. The predicted octanol–water partition coefficient (Wildman–Crippen LogP) is 2.05. The number of carbonyl (C=O) groups excluding carboxylic acids is 1. The molecule has 0 atom stereocenters. The molecule has 0 spiro atoms. The van der Waals surface area contributed by atoms with Gasteiger partial charge in [0.05, 0.1) is 16.5 Å². The number of likely N-dealkylation sites (tertiary alicyclic amines) is 2. The first-order valence-corrected chi connectivity index (χ1v) is 12.5. The van der Waals surface area contributed by atoms with E-state index < -0.39 is 10.0 Å². The van der Waals surface area contributed by atoms with Gasteiger partial charge in [-0.2, -0.15) is 9.57 Å². The average Bonchev–Trinajstić information content (AvgIpc) is 3.34. The molecule has 1 aromatic carbocycles. The molecule has 0 N–H and O–H groups in total. The largest absolute Gasteiger partial charge is 0.342 e. The van der Waals surface area contributed by atoms with E-state index in [9.17, 15) is 13.2 Å². The molecule has 0 aliphatic carbocycles. The molecule has 4 rings (SSSR count). The van der Waals surface area contributed by atoms with Gasteiger partial charge >= 0.3 is 0 Å². The number of nitriles is 1. The van der Waals surface area contributed by atoms with Crippen LogP contribution in [0, 0.1) is 17.2 Å². The quantitative estimate of drug-likeness (QED) is 0.730. The second-order valence-corrected chi connectivity index (χ2v) is 10.6. The Morgan fingerprint density at radius 1 is 0.900 bits per heavy atom. The van der Waals surface area contributed by atoms with Gasteiger partial charge in [0.25, 0.3) is 0 Å². The van der Waals surface area contributed by atoms with Crippen molar-refractivity contribution in [2.75, 3.05) is 39.3 Å². The van der Waals surface area contributed by atoms with Crippen molar-refractivity contribution in [1.82, 2.24) is 14.1 Å². The first-order chi connectivity index (χ1) is 14.5. The van der Waals surface area contributed by atoms with Crippen LogP contribution in [0.5, 0.6) is 0 Å². The molecule has 8 heteroatoms. The Balaban J connectivity index is 1.29. The molecule has 3 aliphatic heterocycles. The second-order valence-electron chi connectivity index (χ2n) is 8.61. The summed E-state index contributed by atoms with van der Waals surface area (Å²) in [5, 5.41) is 8.89. The molecule has 3 saturated heterocycles. The fraction of sp³-hybridized carbons (Fsp3) is 0.636. The van der Waals surface area contributed by atoms with E-state index in [2.05, 4.69) is 4.90 Å². The molecule has 0 unspecified atom stereocenters. The maximum Gasteiger partial charge on any atom is 0.243 e. The van der Waals surface area contributed by atoms with E-state index in [1.807, 2.05) is 11.0 Å². The van der Waals surface area contributed by atoms with Gasteiger partial charge < -0.3 is 9.80 Å². The number of benzene rings is 1. The molecule has 1 amide bonds. The number of nitrogens with zero attached hydrogens (tertiary/aromatic N) is 4. The van der Waals surface area contributed by atoms with E-state index >= 15 is 0 Å². The zero-order chi connectivity index (χ0) is 21.1. The molecule has 3 aliphatic rings. The molecule has 0 aromatic heterocycles. The highest BCUT2D eigenvalue weighted by Crippen LogP contribution is 2.27. The van der Waals surface area contributed by atoms with Gasteiger partial charge in [0.2, 0.25) is 15.9 Å². The van der Waals surface area contributed by atoms with Crippen molar-refractivity contribution >= 4 is 15.9 Å². The molecule has 0 bridgehead atoms. The van der Waals surface area contributed by atoms with Crippen LogP contribution >= 0.6 is 0 Å². The second kappa shape index (κ2) is 9.04. The third kappa shape index (κ3) is 4.39. The number of piperidine rings is 2. The van der Waals surface area contributed by atoms with Crippen molar-refractivity contribution in [1.29, 1.82) is 5.26 Å². The van der Waals surface area contributed by atoms with Crippen LogP contribution in [0.15, 0.2) is 29.2 Å². The minimum atomic E-state index is -3.58. The Hall–Kier alpha value is -1.95. The summed E-state index contributed by atoms with van der Waals surface area (Å²) in [5.41, 5.74) is 0.437. The fourth-order valence-electron chi connectivity index (χ4n) is 5.01. The van der Waals surface area contributed by atoms with E-state index in [-0.39, 0.29) is 16.7 Å². The zero-order valence-electron chi connectivity index (χ0n) is 17.4. The Labute approximate surface area is 179 Å². The standard InChI is InChI=1S/C22H30N4O3S/c23-17-18-3-5-21(6-4-18)30(28,29)26-15-7-19(8-16-26)22(27)25-13-9-20(10-14-25)24-11-1-2-12-24/h3-6,19-20H,1-2,7-16H2. The van der Waals surface area contributed by atoms with Crippen molar-refractivity contribution in [3.8, 4) is 6.07 Å². The van der Waals surface area contributed by atoms with Gasteiger partial charge in [0, 0.05) is 38.1 Å². The van der Waals surface area contributed by atoms with Crippen molar-refractivity contribution in [3.05, 3.63) is 29.8 Å². The molecule has 0 saturated carbocycles. The molecule has 0 radical (unpaired) electrons. The van der Waals surface area contributed by atoms with Gasteiger partial charge in [-0.05, 0) is 75.9 Å². The lowest BCUT2D eigenvalue weighted by Crippen LogP contribution is -2.49. The van der Waals surface area contributed by atoms with Crippen molar-refractivity contribution in [3.63, 3.8) is 0 Å². The molecular formula is C22H30N4O3S. The van der Waals surface area contributed by atoms with Crippen molar-refractivity contribution in [2.45, 2.75) is 49.5 Å². The van der Waals surface area contributed by atoms with Crippen LogP contribution in [0.1, 0.15) is 44.1 Å². The molecule has 3 fully saturated rings. The highest BCUT2D eigenvalue weighted by atomic mass is 32.2. The van der Waals surface area contributed by atoms with E-state index in [1.54, 1.807) is 0 Å². The van der Waals surface area contributed by atoms with Crippen LogP contribution in [0.25, 0.3) is 0 Å². The van der Waals surface area contributed by atoms with E-state index in [0.29, 0.717) is 37.5 Å². The highest BCUT2D eigenvalue weighted by molar-refractivity contribution is 7.89. The smallest absolute Gasteiger partial charge is 0.243 e. The summed E-state index contributed by atoms with van der Waals surface area (Å²) >= 11 is 0. The topological polar surface area (TPSA) is 84.7 Å². The van der Waals surface area contributed by atoms with Gasteiger partial charge in [-0.15, -0.1) is 0 Å². The van der Waals surface area contributed by atoms with E-state index in [1.165, 1.54) is 54.5 Å². The number of rotatable bonds is 4. The lowest BCUT2D eigenvalue weighted by molar-refractivity contribution is -0.138. The minimum Gasteiger partial charge on any atom is -0.342 e. The van der Waals surface area contributed by atoms with Gasteiger partial charge in [-0.25, -0.2) is 8.42 Å². The first-order valence-electron chi connectivity index (χ1n) is 11.0. The molecule has 1 aromatic rings. The Morgan fingerprint density at radius 2 is 1.50 bits per heavy atom. The minimum absolute atomic E-state index is 0.0826. The average molecular weight is 431 g/mol. The summed E-state index contributed by atoms with van der Waals surface area (Å²) in [5.74, 6) is 0.117. The summed E-state index contributed by atoms with van der Waals surface area (Å²) < 4.78 is 27.2. The summed E-state index contributed by atoms with van der Waals surface area (Å²) in [6, 6.07) is 8.63. The lowest BCUT2D eigenvalue weighted by Gasteiger charge is -2.39. The van der Waals surface area contributed by atoms with Crippen LogP contribution in [-0.4, -0.2) is 73.7 Å². The highest BCUT2D eigenvalue weighted by Gasteiger charge is 2.35. The lowest BCUT2D eigenvalue weighted by atomic mass is 9.94. The summed E-state index contributed by atoms with van der Waals surface area (Å²) in [7, 11) is -3.58. The van der Waals surface area contributed by atoms with E-state index in [0.717, 1.165) is 25.9 Å². The number of amides is 1. The zero-order valence-corrected chi connectivity index (χ0v) is 18.2. The number of carbonyl (C=O) groups is 1. The SMILES string of the molecule is N#Cc1ccc(S(=O)(=O)N2CCC(C(=O)N3CCC(N4CCCC4)CC3)CC2)cc1. The summed E-state index contributed by atoms with van der Waals surface area (Å²) in [6.07, 6.45) is 5.84. The number of sulfonamides is 1. The normalized spacial score (nSPS) is 22.8. The van der Waals surface area contributed by atoms with Gasteiger partial charge in [0.1, 0.15) is 0 Å². The van der Waals surface area contributed by atoms with Crippen LogP contribution < -0.4 is 0 Å². The fourth-order valence-corrected chi connectivity index (χ4v) is 6.48. The molecule has 3 heterocycles. The molecular weight excluding hydrogens is 400 g/mol. The monoisotopic (exact) mass is 430 g/mol. The molecule has 30 heavy (non-hydrogen) atoms. The van der Waals surface area contributed by atoms with Crippen LogP contribution in [0.3, 0.4) is 0 Å². The van der Waals surface area contributed by atoms with Crippen molar-refractivity contribution < 1.29 is 13.2 Å². The Kier molecular flexibility index (Phi) is 6.42. The van der Waals surface area contributed by atoms with Crippen molar-refractivity contribution in [2.24, 2.45) is 5.92 Å². The van der Waals surface area contributed by atoms with Gasteiger partial charge in [-0.1, -0.05) is 0 Å². The Morgan fingerprint density at radius 3 is 2.07 bits per heavy atom. The molecule has 162 valence electrons. The first kappa shape index (κ1) is 21.3. The molecule has 7 nitrogen and oxygen atoms in total. The van der Waals surface area contributed by atoms with Crippen LogP contribution in [0.4, 0.5) is 0 Å². The Bertz CT molecular complexity index is 887. The van der Waals surface area contributed by atoms with Gasteiger partial charge in [0.15, 0.2) is 0 Å². The van der Waals surface area contributed by atoms with E-state index in [4.69, 9.17) is 5.26 Å². The third-order valence-corrected chi connectivity index (χ3v) is 8.77. The maximum absolute atomic E-state index is 13.0. The maximum atomic E-state index is 13.0. The summed E-state index contributed by atoms with van der Waals surface area (Å²) in [4.78, 5) is 17.8. The van der Waals surface area contributed by atoms with Crippen LogP contribution in [0.2, 0.25) is 0 Å². The third-order valence-electron chi connectivity index (χ3n) is 6.86. The number of hydrogen-bond acceptors (Lipinski definition) is 5. The van der Waals surface area contributed by atoms with Crippen LogP contribution in [-0.2, 0) is 14.8 Å². The van der Waals surface area contributed by atoms with Gasteiger partial charge in [-0.3, -0.25) is 4.79 Å². The number of hydrogen-bond donors (Lipinski definition) is 0.